The van der Waals surface area contributed by atoms with Crippen molar-refractivity contribution in [1.82, 2.24) is 0 Å². The molecule has 0 aromatic carbocycles. The molecule has 0 fully saturated rings. The lowest BCUT2D eigenvalue weighted by Crippen LogP contribution is -1.86. The van der Waals surface area contributed by atoms with Gasteiger partial charge in [0.1, 0.15) is 0 Å². The van der Waals surface area contributed by atoms with Gasteiger partial charge >= 0.3 is 0 Å². The smallest absolute Gasteiger partial charge is 0.0824 e. The Labute approximate surface area is 69.8 Å². The molecule has 0 aromatic rings. The van der Waals surface area contributed by atoms with E-state index in [-0.39, 0.29) is 0 Å². The van der Waals surface area contributed by atoms with E-state index in [0.717, 1.165) is 12.3 Å². The summed E-state index contributed by atoms with van der Waals surface area (Å²) in [5.41, 5.74) is 1.40. The third kappa shape index (κ3) is 7.17. The van der Waals surface area contributed by atoms with E-state index in [2.05, 4.69) is 26.8 Å². The first kappa shape index (κ1) is 10.3. The summed E-state index contributed by atoms with van der Waals surface area (Å²) in [5.74, 6) is 0.738. The molecule has 0 aliphatic rings. The summed E-state index contributed by atoms with van der Waals surface area (Å²) in [6, 6.07) is 0. The Balaban J connectivity index is 3.71. The fourth-order valence-corrected chi connectivity index (χ4v) is 0.994. The first-order valence-electron chi connectivity index (χ1n) is 4.02. The Bertz CT molecular complexity index is 143. The lowest BCUT2D eigenvalue weighted by molar-refractivity contribution is 0.338. The molecule has 0 saturated carbocycles. The van der Waals surface area contributed by atoms with Crippen LogP contribution in [0.5, 0.6) is 0 Å². The highest BCUT2D eigenvalue weighted by Gasteiger charge is 1.92. The van der Waals surface area contributed by atoms with Crippen LogP contribution in [0.2, 0.25) is 0 Å². The summed E-state index contributed by atoms with van der Waals surface area (Å²) in [6.07, 6.45) is 6.86. The van der Waals surface area contributed by atoms with Crippen molar-refractivity contribution in [3.05, 3.63) is 24.0 Å². The van der Waals surface area contributed by atoms with E-state index in [1.165, 1.54) is 5.57 Å². The van der Waals surface area contributed by atoms with Crippen LogP contribution in [0.4, 0.5) is 0 Å². The van der Waals surface area contributed by atoms with Crippen LogP contribution in [0, 0.1) is 5.92 Å². The SMILES string of the molecule is COC=CC=C(C)CC(C)C. The van der Waals surface area contributed by atoms with Gasteiger partial charge in [-0.15, -0.1) is 0 Å². The minimum Gasteiger partial charge on any atom is -0.504 e. The zero-order chi connectivity index (χ0) is 8.69. The van der Waals surface area contributed by atoms with Gasteiger partial charge in [-0.05, 0) is 25.3 Å². The van der Waals surface area contributed by atoms with Crippen LogP contribution in [-0.4, -0.2) is 7.11 Å². The zero-order valence-corrected chi connectivity index (χ0v) is 7.92. The van der Waals surface area contributed by atoms with Gasteiger partial charge < -0.3 is 4.74 Å². The average molecular weight is 154 g/mol. The Morgan fingerprint density at radius 1 is 1.45 bits per heavy atom. The zero-order valence-electron chi connectivity index (χ0n) is 7.92. The maximum atomic E-state index is 4.77. The molecule has 0 unspecified atom stereocenters. The first-order chi connectivity index (χ1) is 5.16. The van der Waals surface area contributed by atoms with Crippen molar-refractivity contribution in [2.75, 3.05) is 7.11 Å². The van der Waals surface area contributed by atoms with Gasteiger partial charge in [-0.3, -0.25) is 0 Å². The molecule has 1 nitrogen and oxygen atoms in total. The predicted octanol–water partition coefficient (Wildman–Crippen LogP) is 3.14. The molecule has 11 heavy (non-hydrogen) atoms. The van der Waals surface area contributed by atoms with Crippen molar-refractivity contribution in [1.29, 1.82) is 0 Å². The molecule has 0 saturated heterocycles. The summed E-state index contributed by atoms with van der Waals surface area (Å²) in [6.45, 7) is 6.58. The Kier molecular flexibility index (Phi) is 5.63. The van der Waals surface area contributed by atoms with Crippen molar-refractivity contribution in [3.63, 3.8) is 0 Å². The normalized spacial score (nSPS) is 13.0. The van der Waals surface area contributed by atoms with Crippen molar-refractivity contribution < 1.29 is 4.74 Å². The standard InChI is InChI=1S/C10H18O/c1-9(2)8-10(3)6-5-7-11-4/h5-7,9H,8H2,1-4H3. The van der Waals surface area contributed by atoms with Gasteiger partial charge in [0.15, 0.2) is 0 Å². The van der Waals surface area contributed by atoms with Crippen LogP contribution < -0.4 is 0 Å². The number of hydrogen-bond donors (Lipinski definition) is 0. The molecule has 0 heterocycles. The topological polar surface area (TPSA) is 9.23 Å². The van der Waals surface area contributed by atoms with E-state index in [1.54, 1.807) is 13.4 Å². The molecule has 1 heteroatoms. The van der Waals surface area contributed by atoms with E-state index in [4.69, 9.17) is 4.74 Å². The molecule has 64 valence electrons. The average Bonchev–Trinajstić information content (AvgIpc) is 1.86. The molecule has 0 atom stereocenters. The lowest BCUT2D eigenvalue weighted by atomic mass is 10.0. The van der Waals surface area contributed by atoms with Gasteiger partial charge in [-0.25, -0.2) is 0 Å². The summed E-state index contributed by atoms with van der Waals surface area (Å²) in [4.78, 5) is 0. The second-order valence-electron chi connectivity index (χ2n) is 3.18. The van der Waals surface area contributed by atoms with Crippen LogP contribution in [0.25, 0.3) is 0 Å². The maximum Gasteiger partial charge on any atom is 0.0824 e. The summed E-state index contributed by atoms with van der Waals surface area (Å²) in [7, 11) is 1.65. The number of ether oxygens (including phenoxy) is 1. The fraction of sp³-hybridized carbons (Fsp3) is 0.600. The minimum atomic E-state index is 0.738. The monoisotopic (exact) mass is 154 g/mol. The summed E-state index contributed by atoms with van der Waals surface area (Å²) in [5, 5.41) is 0. The van der Waals surface area contributed by atoms with E-state index < -0.39 is 0 Å². The van der Waals surface area contributed by atoms with Gasteiger partial charge in [0.2, 0.25) is 0 Å². The third-order valence-electron chi connectivity index (χ3n) is 1.33. The van der Waals surface area contributed by atoms with E-state index in [1.807, 2.05) is 6.08 Å². The second-order valence-corrected chi connectivity index (χ2v) is 3.18. The summed E-state index contributed by atoms with van der Waals surface area (Å²) >= 11 is 0. The molecular weight excluding hydrogens is 136 g/mol. The number of allylic oxidation sites excluding steroid dienone is 3. The summed E-state index contributed by atoms with van der Waals surface area (Å²) < 4.78 is 4.77. The van der Waals surface area contributed by atoms with Crippen LogP contribution in [0.1, 0.15) is 27.2 Å². The molecule has 0 aromatic heterocycles. The van der Waals surface area contributed by atoms with Crippen molar-refractivity contribution >= 4 is 0 Å². The third-order valence-corrected chi connectivity index (χ3v) is 1.33. The maximum absolute atomic E-state index is 4.77. The van der Waals surface area contributed by atoms with Crippen LogP contribution in [-0.2, 0) is 4.74 Å². The molecular formula is C10H18O. The largest absolute Gasteiger partial charge is 0.504 e. The van der Waals surface area contributed by atoms with Crippen LogP contribution in [0.15, 0.2) is 24.0 Å². The van der Waals surface area contributed by atoms with Crippen LogP contribution in [0.3, 0.4) is 0 Å². The van der Waals surface area contributed by atoms with Gasteiger partial charge in [-0.2, -0.15) is 0 Å². The highest BCUT2D eigenvalue weighted by atomic mass is 16.5. The molecule has 0 bridgehead atoms. The van der Waals surface area contributed by atoms with E-state index in [9.17, 15) is 0 Å². The van der Waals surface area contributed by atoms with Crippen molar-refractivity contribution in [2.45, 2.75) is 27.2 Å². The minimum absolute atomic E-state index is 0.738. The molecule has 0 aliphatic heterocycles. The quantitative estimate of drug-likeness (QED) is 0.446. The molecule has 0 rings (SSSR count). The number of rotatable bonds is 4. The fourth-order valence-electron chi connectivity index (χ4n) is 0.994. The highest BCUT2D eigenvalue weighted by molar-refractivity contribution is 5.09. The highest BCUT2D eigenvalue weighted by Crippen LogP contribution is 2.09. The second kappa shape index (κ2) is 6.02. The van der Waals surface area contributed by atoms with Gasteiger partial charge in [0.25, 0.3) is 0 Å². The molecule has 0 radical (unpaired) electrons. The first-order valence-corrected chi connectivity index (χ1v) is 4.02. The van der Waals surface area contributed by atoms with Crippen molar-refractivity contribution in [3.8, 4) is 0 Å². The van der Waals surface area contributed by atoms with Crippen molar-refractivity contribution in [2.24, 2.45) is 5.92 Å². The molecule has 0 N–H and O–H groups in total. The number of methoxy groups -OCH3 is 1. The number of hydrogen-bond acceptors (Lipinski definition) is 1. The molecule has 0 amide bonds. The van der Waals surface area contributed by atoms with Crippen LogP contribution >= 0.6 is 0 Å². The van der Waals surface area contributed by atoms with Gasteiger partial charge in [0.05, 0.1) is 13.4 Å². The predicted molar refractivity (Wildman–Crippen MR) is 49.4 cm³/mol. The molecule has 0 aliphatic carbocycles. The molecule has 0 spiro atoms. The van der Waals surface area contributed by atoms with E-state index in [0.29, 0.717) is 0 Å². The Hall–Kier alpha value is -0.720. The Morgan fingerprint density at radius 3 is 2.55 bits per heavy atom. The Morgan fingerprint density at radius 2 is 2.09 bits per heavy atom. The van der Waals surface area contributed by atoms with Gasteiger partial charge in [0, 0.05) is 0 Å². The van der Waals surface area contributed by atoms with Gasteiger partial charge in [-0.1, -0.05) is 25.5 Å². The van der Waals surface area contributed by atoms with E-state index >= 15 is 0 Å². The lowest BCUT2D eigenvalue weighted by Gasteiger charge is -2.02.